The summed E-state index contributed by atoms with van der Waals surface area (Å²) in [5.74, 6) is -0.682. The van der Waals surface area contributed by atoms with Crippen molar-refractivity contribution in [1.82, 2.24) is 4.40 Å². The van der Waals surface area contributed by atoms with Crippen molar-refractivity contribution in [2.24, 2.45) is 0 Å². The molecule has 0 unspecified atom stereocenters. The van der Waals surface area contributed by atoms with E-state index in [0.29, 0.717) is 0 Å². The lowest BCUT2D eigenvalue weighted by molar-refractivity contribution is 0.0966. The topological polar surface area (TPSA) is 41.8 Å². The van der Waals surface area contributed by atoms with Gasteiger partial charge in [-0.1, -0.05) is 161 Å². The average molecular weight is 897 g/mol. The Morgan fingerprint density at radius 2 is 0.714 bits per heavy atom. The third kappa shape index (κ3) is 4.08. The maximum Gasteiger partial charge on any atom is 0.175 e. The third-order valence-corrected chi connectivity index (χ3v) is 18.3. The number of hydrogen-bond acceptors (Lipinski definition) is 3. The third-order valence-electron chi connectivity index (χ3n) is 18.3. The van der Waals surface area contributed by atoms with Crippen LogP contribution in [0, 0.1) is 0 Å². The number of benzene rings is 9. The van der Waals surface area contributed by atoms with E-state index in [2.05, 4.69) is 207 Å². The Kier molecular flexibility index (Phi) is 6.59. The Morgan fingerprint density at radius 3 is 1.09 bits per heavy atom. The fourth-order valence-corrected chi connectivity index (χ4v) is 15.6. The quantitative estimate of drug-likeness (QED) is 0.152. The molecule has 0 saturated carbocycles. The van der Waals surface area contributed by atoms with Crippen LogP contribution in [-0.4, -0.2) is 16.0 Å². The van der Waals surface area contributed by atoms with Crippen molar-refractivity contribution in [1.29, 1.82) is 0 Å². The summed E-state index contributed by atoms with van der Waals surface area (Å²) in [7, 11) is 0. The smallest absolute Gasteiger partial charge is 0.175 e. The van der Waals surface area contributed by atoms with Gasteiger partial charge in [0, 0.05) is 55.3 Å². The highest BCUT2D eigenvalue weighted by Gasteiger charge is 2.51. The highest BCUT2D eigenvalue weighted by atomic mass is 16.1. The minimum atomic E-state index is -0.425. The molecule has 0 N–H and O–H groups in total. The largest absolute Gasteiger partial charge is 0.309 e. The lowest BCUT2D eigenvalue weighted by Crippen LogP contribution is -2.38. The molecule has 0 fully saturated rings. The molecule has 2 aliphatic heterocycles. The normalized spacial score (nSPS) is 20.8. The summed E-state index contributed by atoms with van der Waals surface area (Å²) in [6.45, 7) is 9.70. The molecule has 4 bridgehead atoms. The minimum Gasteiger partial charge on any atom is -0.309 e. The Hall–Kier alpha value is -8.08. The van der Waals surface area contributed by atoms with E-state index in [-0.39, 0.29) is 23.4 Å². The SMILES string of the molecule is CC1(C)c2ccccc2N2c3ccccc3C(C)(C)c3c2c1c1c2cc4c(cc2n2c5cc6c(cc5c3c12)C1c2ccccc2C(C6=O)c2ccccc21)C(=O)C1c2ccccc2C4c2ccccc21. The molecule has 4 nitrogen and oxygen atoms in total. The maximum atomic E-state index is 15.7. The zero-order chi connectivity index (χ0) is 46.4. The first-order valence-corrected chi connectivity index (χ1v) is 25.0. The van der Waals surface area contributed by atoms with Gasteiger partial charge in [-0.2, -0.15) is 0 Å². The van der Waals surface area contributed by atoms with Crippen LogP contribution in [0.5, 0.6) is 0 Å². The van der Waals surface area contributed by atoms with Gasteiger partial charge in [0.05, 0.1) is 45.4 Å². The van der Waals surface area contributed by atoms with Crippen LogP contribution >= 0.6 is 0 Å². The fourth-order valence-electron chi connectivity index (χ4n) is 15.6. The van der Waals surface area contributed by atoms with E-state index in [1.807, 2.05) is 0 Å². The van der Waals surface area contributed by atoms with Gasteiger partial charge in [0.1, 0.15) is 0 Å². The standard InChI is InChI=1S/C66H44N2O2/c1-65(2)47-25-13-15-27-49(47)67-50-28-16-14-26-48(50)66(3,4)60-58-46-30-42-44(64(70)56-39-23-11-7-19-35(39)54(42)36-20-8-12-24-40(36)56)32-52(46)68-51-31-43-41(29-45(51)57(61(58)68)59(65)62(60)67)53-33-17-5-9-21-37(33)55(63(43)69)38-22-10-6-18-34(38)53/h5-32,53-56H,1-4H3. The lowest BCUT2D eigenvalue weighted by atomic mass is 9.64. The van der Waals surface area contributed by atoms with Gasteiger partial charge in [-0.25, -0.2) is 0 Å². The van der Waals surface area contributed by atoms with E-state index in [1.165, 1.54) is 77.9 Å². The molecule has 6 aliphatic carbocycles. The van der Waals surface area contributed by atoms with Gasteiger partial charge in [-0.3, -0.25) is 9.59 Å². The van der Waals surface area contributed by atoms with Crippen LogP contribution in [-0.2, 0) is 10.8 Å². The average Bonchev–Trinajstić information content (AvgIpc) is 3.74. The molecule has 4 heterocycles. The summed E-state index contributed by atoms with van der Waals surface area (Å²) in [6.07, 6.45) is 0. The van der Waals surface area contributed by atoms with E-state index in [9.17, 15) is 0 Å². The van der Waals surface area contributed by atoms with E-state index < -0.39 is 22.7 Å². The van der Waals surface area contributed by atoms with Gasteiger partial charge in [0.15, 0.2) is 11.6 Å². The van der Waals surface area contributed by atoms with Crippen molar-refractivity contribution in [3.05, 3.63) is 259 Å². The van der Waals surface area contributed by atoms with Gasteiger partial charge in [0.25, 0.3) is 0 Å². The first-order valence-electron chi connectivity index (χ1n) is 25.0. The van der Waals surface area contributed by atoms with Crippen LogP contribution in [0.3, 0.4) is 0 Å². The van der Waals surface area contributed by atoms with Crippen LogP contribution in [0.15, 0.2) is 170 Å². The number of nitrogens with zero attached hydrogens (tertiary/aromatic N) is 2. The molecule has 19 rings (SSSR count). The minimum absolute atomic E-state index is 0.0974. The molecule has 70 heavy (non-hydrogen) atoms. The number of ketones is 2. The Labute approximate surface area is 404 Å². The summed E-state index contributed by atoms with van der Waals surface area (Å²) in [5.41, 5.74) is 24.2. The number of fused-ring (bicyclic) bond motifs is 12. The number of carbonyl (C=O) groups excluding carboxylic acids is 2. The van der Waals surface area contributed by atoms with Gasteiger partial charge in [-0.05, 0) is 114 Å². The van der Waals surface area contributed by atoms with Crippen molar-refractivity contribution in [3.8, 4) is 0 Å². The molecule has 0 spiro atoms. The molecule has 11 aromatic rings. The Balaban J connectivity index is 1.10. The second-order valence-electron chi connectivity index (χ2n) is 22.0. The molecule has 0 amide bonds. The molecular formula is C66H44N2O2. The predicted octanol–water partition coefficient (Wildman–Crippen LogP) is 15.2. The molecule has 330 valence electrons. The number of anilines is 3. The van der Waals surface area contributed by atoms with Crippen molar-refractivity contribution in [2.75, 3.05) is 4.90 Å². The van der Waals surface area contributed by atoms with Gasteiger partial charge in [-0.15, -0.1) is 0 Å². The highest BCUT2D eigenvalue weighted by molar-refractivity contribution is 6.30. The van der Waals surface area contributed by atoms with Crippen molar-refractivity contribution in [2.45, 2.75) is 62.2 Å². The zero-order valence-corrected chi connectivity index (χ0v) is 39.2. The second-order valence-corrected chi connectivity index (χ2v) is 22.0. The molecule has 0 saturated heterocycles. The van der Waals surface area contributed by atoms with Crippen LogP contribution in [0.2, 0.25) is 0 Å². The van der Waals surface area contributed by atoms with Crippen molar-refractivity contribution in [3.63, 3.8) is 0 Å². The van der Waals surface area contributed by atoms with E-state index in [1.54, 1.807) is 0 Å². The van der Waals surface area contributed by atoms with Crippen LogP contribution < -0.4 is 4.90 Å². The lowest BCUT2D eigenvalue weighted by Gasteiger charge is -2.50. The molecule has 8 aliphatic rings. The number of Topliss-reactive ketones (excluding diaryl/α,β-unsaturated/α-hetero) is 2. The summed E-state index contributed by atoms with van der Waals surface area (Å²) in [4.78, 5) is 33.9. The maximum absolute atomic E-state index is 15.7. The fraction of sp³-hybridized carbons (Fsp3) is 0.152. The number of rotatable bonds is 0. The first kappa shape index (κ1) is 37.8. The highest BCUT2D eigenvalue weighted by Crippen LogP contribution is 2.66. The van der Waals surface area contributed by atoms with Crippen LogP contribution in [0.4, 0.5) is 17.1 Å². The summed E-state index contributed by atoms with van der Waals surface area (Å²) >= 11 is 0. The van der Waals surface area contributed by atoms with Gasteiger partial charge < -0.3 is 9.30 Å². The molecule has 9 aromatic carbocycles. The monoisotopic (exact) mass is 896 g/mol. The van der Waals surface area contributed by atoms with Gasteiger partial charge >= 0.3 is 0 Å². The van der Waals surface area contributed by atoms with Crippen LogP contribution in [0.25, 0.3) is 38.1 Å². The summed E-state index contributed by atoms with van der Waals surface area (Å²) in [6, 6.07) is 62.0. The Morgan fingerprint density at radius 1 is 0.386 bits per heavy atom. The molecule has 0 atom stereocenters. The zero-order valence-electron chi connectivity index (χ0n) is 39.2. The van der Waals surface area contributed by atoms with E-state index in [0.717, 1.165) is 66.3 Å². The van der Waals surface area contributed by atoms with Crippen molar-refractivity contribution < 1.29 is 9.59 Å². The second kappa shape index (κ2) is 12.2. The number of carbonyl (C=O) groups is 2. The number of hydrogen-bond donors (Lipinski definition) is 0. The van der Waals surface area contributed by atoms with E-state index in [4.69, 9.17) is 0 Å². The molecule has 0 radical (unpaired) electrons. The number of aromatic nitrogens is 1. The van der Waals surface area contributed by atoms with Gasteiger partial charge in [0.2, 0.25) is 0 Å². The van der Waals surface area contributed by atoms with E-state index >= 15 is 9.59 Å². The van der Waals surface area contributed by atoms with Crippen LogP contribution in [0.1, 0.15) is 150 Å². The predicted molar refractivity (Wildman–Crippen MR) is 280 cm³/mol. The molecule has 2 aromatic heterocycles. The summed E-state index contributed by atoms with van der Waals surface area (Å²) < 4.78 is 2.49. The number of para-hydroxylation sites is 2. The van der Waals surface area contributed by atoms with Crippen molar-refractivity contribution >= 4 is 66.7 Å². The molecule has 4 heteroatoms. The first-order chi connectivity index (χ1) is 34.1. The molecular weight excluding hydrogens is 853 g/mol. The Bertz CT molecular complexity index is 3970. The summed E-state index contributed by atoms with van der Waals surface area (Å²) in [5, 5.41) is 4.76.